The first-order valence-corrected chi connectivity index (χ1v) is 16.7. The van der Waals surface area contributed by atoms with E-state index in [2.05, 4.69) is 28.5 Å². The van der Waals surface area contributed by atoms with Crippen molar-refractivity contribution in [2.75, 3.05) is 12.0 Å². The lowest BCUT2D eigenvalue weighted by molar-refractivity contribution is -0.124. The molecule has 2 aromatic rings. The van der Waals surface area contributed by atoms with Crippen LogP contribution in [-0.2, 0) is 19.6 Å². The fourth-order valence-electron chi connectivity index (χ4n) is 5.55. The lowest BCUT2D eigenvalue weighted by Crippen LogP contribution is -2.49. The first kappa shape index (κ1) is 31.2. The number of aromatic nitrogens is 1. The Balaban J connectivity index is 1.62. The molecule has 1 N–H and O–H groups in total. The molecular weight excluding hydrogens is 558 g/mol. The highest BCUT2D eigenvalue weighted by atomic mass is 32.2. The molecule has 8 nitrogen and oxygen atoms in total. The lowest BCUT2D eigenvalue weighted by Gasteiger charge is -2.39. The monoisotopic (exact) mass is 599 g/mol. The Morgan fingerprint density at radius 2 is 1.78 bits per heavy atom. The van der Waals surface area contributed by atoms with Crippen molar-refractivity contribution >= 4 is 38.9 Å². The normalized spacial score (nSPS) is 23.2. The lowest BCUT2D eigenvalue weighted by atomic mass is 9.81. The number of amides is 1. The summed E-state index contributed by atoms with van der Waals surface area (Å²) in [6, 6.07) is 4.57. The van der Waals surface area contributed by atoms with Crippen LogP contribution in [0.5, 0.6) is 0 Å². The summed E-state index contributed by atoms with van der Waals surface area (Å²) in [5, 5.41) is 0. The minimum Gasteiger partial charge on any atom is -0.465 e. The summed E-state index contributed by atoms with van der Waals surface area (Å²) in [7, 11) is -2.34. The summed E-state index contributed by atoms with van der Waals surface area (Å²) < 4.78 is 33.7. The molecule has 4 rings (SSSR count). The Labute approximate surface area is 248 Å². The van der Waals surface area contributed by atoms with Crippen molar-refractivity contribution in [2.24, 2.45) is 17.3 Å². The summed E-state index contributed by atoms with van der Waals surface area (Å²) in [6.07, 6.45) is 8.89. The fraction of sp³-hybridized carbons (Fsp3) is 0.581. The number of ether oxygens (including phenoxy) is 1. The Kier molecular flexibility index (Phi) is 9.93. The standard InChI is InChI=1S/C31H41N3O5S2/c1-21-8-10-22(11-9-21)29(35)34(27-19-25(16-17-31(2,3)4)40-28(27)30(36)39-5)24-14-12-23(13-15-24)33-41(37,38)26-7-6-18-32-20-26/h6-7,18-24,33H,8-15H2,1-5H3. The van der Waals surface area contributed by atoms with Gasteiger partial charge in [-0.05, 0) is 96.3 Å². The van der Waals surface area contributed by atoms with Gasteiger partial charge in [-0.3, -0.25) is 9.78 Å². The molecule has 2 aromatic heterocycles. The van der Waals surface area contributed by atoms with Gasteiger partial charge in [0, 0.05) is 35.8 Å². The average Bonchev–Trinajstić information content (AvgIpc) is 3.36. The Hall–Kier alpha value is -2.74. The van der Waals surface area contributed by atoms with E-state index in [4.69, 9.17) is 4.74 Å². The van der Waals surface area contributed by atoms with Crippen molar-refractivity contribution in [3.8, 4) is 11.8 Å². The summed E-state index contributed by atoms with van der Waals surface area (Å²) >= 11 is 1.26. The van der Waals surface area contributed by atoms with Gasteiger partial charge in [-0.2, -0.15) is 0 Å². The number of pyridine rings is 1. The smallest absolute Gasteiger partial charge is 0.350 e. The Morgan fingerprint density at radius 3 is 2.37 bits per heavy atom. The second kappa shape index (κ2) is 13.1. The number of esters is 1. The van der Waals surface area contributed by atoms with Crippen molar-refractivity contribution in [3.05, 3.63) is 40.3 Å². The highest BCUT2D eigenvalue weighted by Gasteiger charge is 2.38. The zero-order valence-electron chi connectivity index (χ0n) is 24.6. The molecule has 41 heavy (non-hydrogen) atoms. The molecule has 10 heteroatoms. The van der Waals surface area contributed by atoms with Crippen LogP contribution in [-0.4, -0.2) is 44.5 Å². The predicted molar refractivity (Wildman–Crippen MR) is 161 cm³/mol. The quantitative estimate of drug-likeness (QED) is 0.320. The van der Waals surface area contributed by atoms with Gasteiger partial charge in [0.1, 0.15) is 9.77 Å². The second-order valence-electron chi connectivity index (χ2n) is 12.3. The van der Waals surface area contributed by atoms with Gasteiger partial charge in [-0.25, -0.2) is 17.9 Å². The van der Waals surface area contributed by atoms with Crippen LogP contribution in [0.2, 0.25) is 0 Å². The van der Waals surface area contributed by atoms with Crippen LogP contribution in [0.25, 0.3) is 0 Å². The molecule has 0 unspecified atom stereocenters. The first-order valence-electron chi connectivity index (χ1n) is 14.4. The molecule has 0 bridgehead atoms. The number of nitrogens with zero attached hydrogens (tertiary/aromatic N) is 2. The molecule has 0 aliphatic heterocycles. The van der Waals surface area contributed by atoms with Crippen LogP contribution < -0.4 is 9.62 Å². The number of thiophene rings is 1. The van der Waals surface area contributed by atoms with Crippen molar-refractivity contribution in [1.29, 1.82) is 0 Å². The van der Waals surface area contributed by atoms with Gasteiger partial charge in [-0.15, -0.1) is 11.3 Å². The van der Waals surface area contributed by atoms with Crippen LogP contribution in [0.3, 0.4) is 0 Å². The van der Waals surface area contributed by atoms with Gasteiger partial charge in [-0.1, -0.05) is 18.8 Å². The zero-order valence-corrected chi connectivity index (χ0v) is 26.2. The number of hydrogen-bond acceptors (Lipinski definition) is 7. The van der Waals surface area contributed by atoms with E-state index < -0.39 is 16.0 Å². The van der Waals surface area contributed by atoms with Gasteiger partial charge in [0.15, 0.2) is 0 Å². The summed E-state index contributed by atoms with van der Waals surface area (Å²) in [5.41, 5.74) is 0.342. The molecule has 2 heterocycles. The molecular formula is C31H41N3O5S2. The third-order valence-corrected chi connectivity index (χ3v) is 10.4. The van der Waals surface area contributed by atoms with E-state index in [0.717, 1.165) is 25.7 Å². The maximum atomic E-state index is 14.2. The van der Waals surface area contributed by atoms with E-state index in [1.54, 1.807) is 6.07 Å². The minimum atomic E-state index is -3.69. The SMILES string of the molecule is COC(=O)c1sc(C#CC(C)(C)C)cc1N(C(=O)C1CCC(C)CC1)C1CCC(NS(=O)(=O)c2cccnc2)CC1. The molecule has 0 aromatic carbocycles. The molecule has 0 spiro atoms. The van der Waals surface area contributed by atoms with E-state index in [9.17, 15) is 18.0 Å². The van der Waals surface area contributed by atoms with E-state index in [-0.39, 0.29) is 34.2 Å². The van der Waals surface area contributed by atoms with E-state index in [0.29, 0.717) is 47.0 Å². The summed E-state index contributed by atoms with van der Waals surface area (Å²) in [5.74, 6) is 6.47. The van der Waals surface area contributed by atoms with Gasteiger partial charge < -0.3 is 9.64 Å². The summed E-state index contributed by atoms with van der Waals surface area (Å²) in [6.45, 7) is 8.30. The molecule has 0 radical (unpaired) electrons. The van der Waals surface area contributed by atoms with Crippen molar-refractivity contribution < 1.29 is 22.7 Å². The molecule has 2 fully saturated rings. The van der Waals surface area contributed by atoms with Crippen molar-refractivity contribution in [2.45, 2.75) is 96.0 Å². The number of hydrogen-bond donors (Lipinski definition) is 1. The zero-order chi connectivity index (χ0) is 29.8. The van der Waals surface area contributed by atoms with Crippen molar-refractivity contribution in [1.82, 2.24) is 9.71 Å². The maximum Gasteiger partial charge on any atom is 0.350 e. The van der Waals surface area contributed by atoms with Crippen LogP contribution >= 0.6 is 11.3 Å². The van der Waals surface area contributed by atoms with Gasteiger partial charge in [0.25, 0.3) is 0 Å². The van der Waals surface area contributed by atoms with Crippen LogP contribution in [0.1, 0.15) is 93.6 Å². The topological polar surface area (TPSA) is 106 Å². The van der Waals surface area contributed by atoms with Crippen LogP contribution in [0.15, 0.2) is 35.5 Å². The molecule has 0 atom stereocenters. The number of carbonyl (C=O) groups excluding carboxylic acids is 2. The number of nitrogens with one attached hydrogen (secondary N) is 1. The largest absolute Gasteiger partial charge is 0.465 e. The molecule has 2 aliphatic rings. The summed E-state index contributed by atoms with van der Waals surface area (Å²) in [4.78, 5) is 34.1. The Bertz CT molecular complexity index is 1390. The third kappa shape index (κ3) is 7.97. The highest BCUT2D eigenvalue weighted by molar-refractivity contribution is 7.89. The molecule has 222 valence electrons. The minimum absolute atomic E-state index is 0.0366. The number of methoxy groups -OCH3 is 1. The Morgan fingerprint density at radius 1 is 1.10 bits per heavy atom. The molecule has 2 saturated carbocycles. The van der Waals surface area contributed by atoms with E-state index in [1.807, 2.05) is 31.7 Å². The van der Waals surface area contributed by atoms with Gasteiger partial charge in [0.2, 0.25) is 15.9 Å². The number of anilines is 1. The average molecular weight is 600 g/mol. The molecule has 0 saturated heterocycles. The fourth-order valence-corrected chi connectivity index (χ4v) is 7.74. The second-order valence-corrected chi connectivity index (χ2v) is 15.1. The van der Waals surface area contributed by atoms with Crippen LogP contribution in [0.4, 0.5) is 5.69 Å². The van der Waals surface area contributed by atoms with Gasteiger partial charge in [0.05, 0.1) is 17.7 Å². The third-order valence-electron chi connectivity index (χ3n) is 7.83. The predicted octanol–water partition coefficient (Wildman–Crippen LogP) is 5.78. The van der Waals surface area contributed by atoms with Crippen LogP contribution in [0, 0.1) is 29.1 Å². The number of sulfonamides is 1. The van der Waals surface area contributed by atoms with Crippen molar-refractivity contribution in [3.63, 3.8) is 0 Å². The number of carbonyl (C=O) groups is 2. The van der Waals surface area contributed by atoms with Gasteiger partial charge >= 0.3 is 5.97 Å². The molecule has 1 amide bonds. The van der Waals surface area contributed by atoms with E-state index in [1.165, 1.54) is 36.9 Å². The first-order chi connectivity index (χ1) is 19.4. The highest BCUT2D eigenvalue weighted by Crippen LogP contribution is 2.39. The van der Waals surface area contributed by atoms with E-state index >= 15 is 0 Å². The maximum absolute atomic E-state index is 14.2. The molecule has 2 aliphatic carbocycles. The number of rotatable bonds is 7.